The van der Waals surface area contributed by atoms with Crippen molar-refractivity contribution in [1.82, 2.24) is 10.6 Å². The standard InChI is InChI=1S/C14H23N3OS/c1-10-3-2-6-14(7-10)9-19-13(17-14)15-8-11-4-5-12(18)16-11/h10-11H,2-9H2,1H3,(H,15,17)(H,16,18). The van der Waals surface area contributed by atoms with Crippen LogP contribution in [0.5, 0.6) is 0 Å². The summed E-state index contributed by atoms with van der Waals surface area (Å²) in [6.45, 7) is 3.09. The van der Waals surface area contributed by atoms with E-state index in [-0.39, 0.29) is 11.9 Å². The third-order valence-corrected chi connectivity index (χ3v) is 5.69. The Morgan fingerprint density at radius 2 is 2.37 bits per heavy atom. The molecule has 1 aliphatic carbocycles. The zero-order valence-corrected chi connectivity index (χ0v) is 12.4. The molecule has 3 rings (SSSR count). The number of nitrogens with one attached hydrogen (secondary N) is 2. The number of rotatable bonds is 2. The maximum atomic E-state index is 11.1. The lowest BCUT2D eigenvalue weighted by atomic mass is 9.78. The van der Waals surface area contributed by atoms with Crippen LogP contribution in [-0.4, -0.2) is 35.0 Å². The summed E-state index contributed by atoms with van der Waals surface area (Å²) in [4.78, 5) is 15.8. The molecule has 3 aliphatic rings. The van der Waals surface area contributed by atoms with Gasteiger partial charge in [0.2, 0.25) is 5.91 Å². The lowest BCUT2D eigenvalue weighted by Gasteiger charge is -2.36. The maximum Gasteiger partial charge on any atom is 0.220 e. The number of thioether (sulfide) groups is 1. The molecule has 3 atom stereocenters. The normalized spacial score (nSPS) is 40.7. The summed E-state index contributed by atoms with van der Waals surface area (Å²) in [7, 11) is 0. The average molecular weight is 281 g/mol. The molecular formula is C14H23N3OS. The summed E-state index contributed by atoms with van der Waals surface area (Å²) >= 11 is 1.86. The van der Waals surface area contributed by atoms with Crippen molar-refractivity contribution in [1.29, 1.82) is 0 Å². The molecule has 3 fully saturated rings. The molecule has 1 amide bonds. The lowest BCUT2D eigenvalue weighted by molar-refractivity contribution is -0.119. The number of hydrogen-bond donors (Lipinski definition) is 2. The Morgan fingerprint density at radius 1 is 1.47 bits per heavy atom. The van der Waals surface area contributed by atoms with Crippen molar-refractivity contribution in [2.24, 2.45) is 10.9 Å². The fraction of sp³-hybridized carbons (Fsp3) is 0.857. The minimum atomic E-state index is 0.176. The summed E-state index contributed by atoms with van der Waals surface area (Å²) in [5.41, 5.74) is 0.306. The third-order valence-electron chi connectivity index (χ3n) is 4.49. The highest BCUT2D eigenvalue weighted by Gasteiger charge is 2.40. The minimum absolute atomic E-state index is 0.176. The molecule has 4 nitrogen and oxygen atoms in total. The summed E-state index contributed by atoms with van der Waals surface area (Å²) in [6, 6.07) is 0.254. The van der Waals surface area contributed by atoms with E-state index in [4.69, 9.17) is 0 Å². The van der Waals surface area contributed by atoms with E-state index in [0.29, 0.717) is 12.0 Å². The summed E-state index contributed by atoms with van der Waals surface area (Å²) in [5.74, 6) is 2.16. The number of carbonyl (C=O) groups excluding carboxylic acids is 1. The van der Waals surface area contributed by atoms with Crippen molar-refractivity contribution in [3.63, 3.8) is 0 Å². The van der Waals surface area contributed by atoms with Crippen molar-refractivity contribution in [3.8, 4) is 0 Å². The Hall–Kier alpha value is -0.710. The molecule has 1 saturated carbocycles. The van der Waals surface area contributed by atoms with E-state index < -0.39 is 0 Å². The first-order valence-electron chi connectivity index (χ1n) is 7.40. The Morgan fingerprint density at radius 3 is 3.11 bits per heavy atom. The van der Waals surface area contributed by atoms with Gasteiger partial charge in [-0.25, -0.2) is 0 Å². The van der Waals surface area contributed by atoms with Gasteiger partial charge in [0.15, 0.2) is 5.17 Å². The van der Waals surface area contributed by atoms with E-state index in [0.717, 1.165) is 29.8 Å². The van der Waals surface area contributed by atoms with E-state index in [1.807, 2.05) is 11.8 Å². The first-order chi connectivity index (χ1) is 9.15. The minimum Gasteiger partial charge on any atom is -0.359 e. The van der Waals surface area contributed by atoms with Gasteiger partial charge in [-0.05, 0) is 25.2 Å². The van der Waals surface area contributed by atoms with Gasteiger partial charge in [0.1, 0.15) is 0 Å². The molecule has 106 valence electrons. The maximum absolute atomic E-state index is 11.1. The van der Waals surface area contributed by atoms with Gasteiger partial charge in [0, 0.05) is 23.8 Å². The highest BCUT2D eigenvalue weighted by molar-refractivity contribution is 8.14. The van der Waals surface area contributed by atoms with Crippen molar-refractivity contribution in [2.45, 2.75) is 57.0 Å². The Balaban J connectivity index is 1.54. The molecule has 0 bridgehead atoms. The average Bonchev–Trinajstić information content (AvgIpc) is 2.94. The second-order valence-corrected chi connectivity index (χ2v) is 7.31. The van der Waals surface area contributed by atoms with Gasteiger partial charge in [-0.15, -0.1) is 0 Å². The van der Waals surface area contributed by atoms with E-state index in [1.165, 1.54) is 25.7 Å². The quantitative estimate of drug-likeness (QED) is 0.813. The van der Waals surface area contributed by atoms with Crippen LogP contribution in [0.25, 0.3) is 0 Å². The van der Waals surface area contributed by atoms with E-state index in [2.05, 4.69) is 22.5 Å². The number of aliphatic imine (C=N–C) groups is 1. The van der Waals surface area contributed by atoms with Crippen molar-refractivity contribution in [3.05, 3.63) is 0 Å². The number of carbonyl (C=O) groups is 1. The molecule has 19 heavy (non-hydrogen) atoms. The highest BCUT2D eigenvalue weighted by Crippen LogP contribution is 2.38. The van der Waals surface area contributed by atoms with Crippen LogP contribution in [0.15, 0.2) is 4.99 Å². The number of amidine groups is 1. The largest absolute Gasteiger partial charge is 0.359 e. The lowest BCUT2D eigenvalue weighted by Crippen LogP contribution is -2.47. The van der Waals surface area contributed by atoms with Crippen molar-refractivity contribution in [2.75, 3.05) is 12.3 Å². The molecule has 0 aromatic heterocycles. The first-order valence-corrected chi connectivity index (χ1v) is 8.39. The molecule has 0 aromatic carbocycles. The molecule has 1 spiro atoms. The van der Waals surface area contributed by atoms with Crippen LogP contribution >= 0.6 is 11.8 Å². The Kier molecular flexibility index (Phi) is 3.74. The number of hydrogen-bond acceptors (Lipinski definition) is 3. The predicted octanol–water partition coefficient (Wildman–Crippen LogP) is 1.91. The summed E-state index contributed by atoms with van der Waals surface area (Å²) < 4.78 is 0. The van der Waals surface area contributed by atoms with E-state index in [9.17, 15) is 4.79 Å². The van der Waals surface area contributed by atoms with Gasteiger partial charge in [-0.2, -0.15) is 0 Å². The third kappa shape index (κ3) is 3.07. The second kappa shape index (κ2) is 5.35. The second-order valence-electron chi connectivity index (χ2n) is 6.34. The van der Waals surface area contributed by atoms with E-state index in [1.54, 1.807) is 0 Å². The van der Waals surface area contributed by atoms with Crippen LogP contribution in [0.4, 0.5) is 0 Å². The molecule has 2 N–H and O–H groups in total. The first kappa shape index (κ1) is 13.3. The molecule has 2 heterocycles. The summed E-state index contributed by atoms with van der Waals surface area (Å²) in [5, 5.41) is 7.74. The number of nitrogens with zero attached hydrogens (tertiary/aromatic N) is 1. The topological polar surface area (TPSA) is 53.5 Å². The Labute approximate surface area is 119 Å². The van der Waals surface area contributed by atoms with Crippen LogP contribution in [0.1, 0.15) is 45.4 Å². The van der Waals surface area contributed by atoms with E-state index >= 15 is 0 Å². The van der Waals surface area contributed by atoms with Crippen molar-refractivity contribution < 1.29 is 4.79 Å². The highest BCUT2D eigenvalue weighted by atomic mass is 32.2. The van der Waals surface area contributed by atoms with Crippen LogP contribution in [0.2, 0.25) is 0 Å². The van der Waals surface area contributed by atoms with Crippen LogP contribution in [0.3, 0.4) is 0 Å². The molecule has 3 unspecified atom stereocenters. The van der Waals surface area contributed by atoms with Crippen LogP contribution < -0.4 is 10.6 Å². The zero-order chi connectivity index (χ0) is 13.3. The Bertz CT molecular complexity index is 398. The van der Waals surface area contributed by atoms with Gasteiger partial charge < -0.3 is 10.6 Å². The summed E-state index contributed by atoms with van der Waals surface area (Å²) in [6.07, 6.45) is 6.86. The monoisotopic (exact) mass is 281 g/mol. The van der Waals surface area contributed by atoms with Crippen molar-refractivity contribution >= 4 is 22.8 Å². The zero-order valence-electron chi connectivity index (χ0n) is 11.6. The molecule has 0 radical (unpaired) electrons. The number of amides is 1. The molecule has 2 saturated heterocycles. The molecule has 2 aliphatic heterocycles. The van der Waals surface area contributed by atoms with Gasteiger partial charge >= 0.3 is 0 Å². The molecular weight excluding hydrogens is 258 g/mol. The van der Waals surface area contributed by atoms with Gasteiger partial charge in [-0.1, -0.05) is 31.5 Å². The predicted molar refractivity (Wildman–Crippen MR) is 79.4 cm³/mol. The smallest absolute Gasteiger partial charge is 0.220 e. The molecule has 5 heteroatoms. The fourth-order valence-corrected chi connectivity index (χ4v) is 4.70. The van der Waals surface area contributed by atoms with Crippen LogP contribution in [0, 0.1) is 5.92 Å². The van der Waals surface area contributed by atoms with Gasteiger partial charge in [-0.3, -0.25) is 9.79 Å². The fourth-order valence-electron chi connectivity index (χ4n) is 3.50. The van der Waals surface area contributed by atoms with Gasteiger partial charge in [0.05, 0.1) is 6.54 Å². The SMILES string of the molecule is CC1CCCC2(CSC(=NCC3CCC(=O)N3)N2)C1. The van der Waals surface area contributed by atoms with Gasteiger partial charge in [0.25, 0.3) is 0 Å². The van der Waals surface area contributed by atoms with Crippen LogP contribution in [-0.2, 0) is 4.79 Å². The molecule has 0 aromatic rings.